The minimum Gasteiger partial charge on any atom is -0.398 e. The second kappa shape index (κ2) is 9.06. The molecule has 146 valence electrons. The highest BCUT2D eigenvalue weighted by atomic mass is 14.7. The van der Waals surface area contributed by atoms with E-state index in [-0.39, 0.29) is 0 Å². The van der Waals surface area contributed by atoms with Crippen LogP contribution in [0.2, 0.25) is 0 Å². The van der Waals surface area contributed by atoms with Crippen molar-refractivity contribution in [2.45, 2.75) is 0 Å². The van der Waals surface area contributed by atoms with Crippen LogP contribution < -0.4 is 5.73 Å². The fourth-order valence-electron chi connectivity index (χ4n) is 3.46. The van der Waals surface area contributed by atoms with E-state index in [0.29, 0.717) is 5.70 Å². The van der Waals surface area contributed by atoms with Crippen LogP contribution in [0.1, 0.15) is 11.1 Å². The standard InChI is InChI=1S/C28H24N2/c1-30-28(26-18-14-24(15-19-26)22-10-6-3-7-11-22)20-27(29)25-16-12-23(13-17-25)21-8-4-2-5-9-21/h2-20H,29H2,1H3. The Kier molecular flexibility index (Phi) is 5.86. The number of aliphatic imine (C=N–C) groups is 1. The SMILES string of the molecule is CN=C(C=C(N)c1ccc(-c2ccccc2)cc1)c1ccc(-c2ccccc2)cc1. The summed E-state index contributed by atoms with van der Waals surface area (Å²) in [6.45, 7) is 0. The molecule has 0 aliphatic heterocycles. The van der Waals surface area contributed by atoms with Gasteiger partial charge in [0.05, 0.1) is 5.71 Å². The normalized spacial score (nSPS) is 12.0. The molecule has 0 atom stereocenters. The number of rotatable bonds is 5. The molecule has 0 unspecified atom stereocenters. The van der Waals surface area contributed by atoms with Crippen LogP contribution in [0, 0.1) is 0 Å². The molecular weight excluding hydrogens is 364 g/mol. The van der Waals surface area contributed by atoms with Gasteiger partial charge in [0, 0.05) is 12.7 Å². The lowest BCUT2D eigenvalue weighted by atomic mass is 10.00. The summed E-state index contributed by atoms with van der Waals surface area (Å²) in [6.07, 6.45) is 1.94. The first-order chi connectivity index (χ1) is 14.7. The molecule has 4 aromatic carbocycles. The Morgan fingerprint density at radius 3 is 1.40 bits per heavy atom. The van der Waals surface area contributed by atoms with Crippen molar-refractivity contribution < 1.29 is 0 Å². The molecule has 0 fully saturated rings. The summed E-state index contributed by atoms with van der Waals surface area (Å²) >= 11 is 0. The lowest BCUT2D eigenvalue weighted by molar-refractivity contribution is 1.43. The van der Waals surface area contributed by atoms with Crippen molar-refractivity contribution in [2.24, 2.45) is 10.7 Å². The van der Waals surface area contributed by atoms with Crippen LogP contribution in [0.5, 0.6) is 0 Å². The molecule has 2 heteroatoms. The first-order valence-electron chi connectivity index (χ1n) is 10.0. The Hall–Kier alpha value is -3.91. The van der Waals surface area contributed by atoms with Crippen molar-refractivity contribution in [3.05, 3.63) is 126 Å². The molecule has 4 rings (SSSR count). The van der Waals surface area contributed by atoms with E-state index in [0.717, 1.165) is 16.8 Å². The van der Waals surface area contributed by atoms with E-state index < -0.39 is 0 Å². The Morgan fingerprint density at radius 2 is 0.967 bits per heavy atom. The van der Waals surface area contributed by atoms with E-state index in [1.807, 2.05) is 30.3 Å². The van der Waals surface area contributed by atoms with E-state index in [1.54, 1.807) is 7.05 Å². The van der Waals surface area contributed by atoms with Gasteiger partial charge in [-0.2, -0.15) is 0 Å². The second-order valence-electron chi connectivity index (χ2n) is 7.10. The fraction of sp³-hybridized carbons (Fsp3) is 0.0357. The highest BCUT2D eigenvalue weighted by Gasteiger charge is 2.05. The van der Waals surface area contributed by atoms with Gasteiger partial charge in [0.15, 0.2) is 0 Å². The zero-order valence-corrected chi connectivity index (χ0v) is 17.0. The van der Waals surface area contributed by atoms with Gasteiger partial charge >= 0.3 is 0 Å². The molecule has 2 nitrogen and oxygen atoms in total. The number of nitrogens with zero attached hydrogens (tertiary/aromatic N) is 1. The van der Waals surface area contributed by atoms with Gasteiger partial charge in [-0.15, -0.1) is 0 Å². The third-order valence-electron chi connectivity index (χ3n) is 5.15. The first kappa shape index (κ1) is 19.4. The summed E-state index contributed by atoms with van der Waals surface area (Å²) in [6, 6.07) is 37.4. The molecule has 0 heterocycles. The molecule has 30 heavy (non-hydrogen) atoms. The lowest BCUT2D eigenvalue weighted by Crippen LogP contribution is -2.03. The maximum atomic E-state index is 6.40. The Balaban J connectivity index is 1.55. The van der Waals surface area contributed by atoms with Crippen LogP contribution in [-0.4, -0.2) is 12.8 Å². The molecule has 0 amide bonds. The number of nitrogens with two attached hydrogens (primary N) is 1. The van der Waals surface area contributed by atoms with Gasteiger partial charge in [-0.1, -0.05) is 109 Å². The molecular formula is C28H24N2. The van der Waals surface area contributed by atoms with Gasteiger partial charge in [-0.3, -0.25) is 4.99 Å². The maximum Gasteiger partial charge on any atom is 0.0663 e. The van der Waals surface area contributed by atoms with Gasteiger partial charge < -0.3 is 5.73 Å². The summed E-state index contributed by atoms with van der Waals surface area (Å²) in [7, 11) is 1.79. The molecule has 0 radical (unpaired) electrons. The van der Waals surface area contributed by atoms with Gasteiger partial charge in [-0.25, -0.2) is 0 Å². The zero-order valence-electron chi connectivity index (χ0n) is 17.0. The highest BCUT2D eigenvalue weighted by Crippen LogP contribution is 2.22. The third-order valence-corrected chi connectivity index (χ3v) is 5.15. The van der Waals surface area contributed by atoms with Crippen molar-refractivity contribution in [1.29, 1.82) is 0 Å². The topological polar surface area (TPSA) is 38.4 Å². The van der Waals surface area contributed by atoms with Crippen LogP contribution in [0.25, 0.3) is 28.0 Å². The van der Waals surface area contributed by atoms with Crippen molar-refractivity contribution in [3.8, 4) is 22.3 Å². The van der Waals surface area contributed by atoms with Gasteiger partial charge in [0.1, 0.15) is 0 Å². The van der Waals surface area contributed by atoms with Crippen LogP contribution in [0.15, 0.2) is 120 Å². The molecule has 0 saturated carbocycles. The number of benzene rings is 4. The monoisotopic (exact) mass is 388 g/mol. The number of hydrogen-bond acceptors (Lipinski definition) is 2. The van der Waals surface area contributed by atoms with Gasteiger partial charge in [0.2, 0.25) is 0 Å². The molecule has 4 aromatic rings. The molecule has 2 N–H and O–H groups in total. The minimum absolute atomic E-state index is 0.697. The quantitative estimate of drug-likeness (QED) is 0.393. The van der Waals surface area contributed by atoms with E-state index in [2.05, 4.69) is 89.9 Å². The summed E-state index contributed by atoms with van der Waals surface area (Å²) in [5, 5.41) is 0. The van der Waals surface area contributed by atoms with Crippen molar-refractivity contribution in [3.63, 3.8) is 0 Å². The Labute approximate surface area is 178 Å². The average molecular weight is 389 g/mol. The summed E-state index contributed by atoms with van der Waals surface area (Å²) in [5.74, 6) is 0. The smallest absolute Gasteiger partial charge is 0.0663 e. The van der Waals surface area contributed by atoms with Gasteiger partial charge in [-0.05, 0) is 39.5 Å². The Morgan fingerprint density at radius 1 is 0.567 bits per heavy atom. The molecule has 0 bridgehead atoms. The molecule has 0 aliphatic carbocycles. The van der Waals surface area contributed by atoms with Crippen molar-refractivity contribution in [2.75, 3.05) is 7.05 Å². The van der Waals surface area contributed by atoms with Crippen molar-refractivity contribution >= 4 is 11.4 Å². The minimum atomic E-state index is 0.697. The van der Waals surface area contributed by atoms with E-state index in [1.165, 1.54) is 22.3 Å². The van der Waals surface area contributed by atoms with Crippen LogP contribution >= 0.6 is 0 Å². The fourth-order valence-corrected chi connectivity index (χ4v) is 3.46. The molecule has 0 saturated heterocycles. The van der Waals surface area contributed by atoms with E-state index in [4.69, 9.17) is 5.73 Å². The Bertz CT molecular complexity index is 1160. The number of hydrogen-bond donors (Lipinski definition) is 1. The largest absolute Gasteiger partial charge is 0.398 e. The zero-order chi connectivity index (χ0) is 20.8. The second-order valence-corrected chi connectivity index (χ2v) is 7.10. The number of allylic oxidation sites excluding steroid dienone is 1. The lowest BCUT2D eigenvalue weighted by Gasteiger charge is -2.08. The molecule has 0 aromatic heterocycles. The molecule has 0 spiro atoms. The highest BCUT2D eigenvalue weighted by molar-refractivity contribution is 6.12. The van der Waals surface area contributed by atoms with E-state index in [9.17, 15) is 0 Å². The van der Waals surface area contributed by atoms with Crippen LogP contribution in [-0.2, 0) is 0 Å². The van der Waals surface area contributed by atoms with E-state index >= 15 is 0 Å². The average Bonchev–Trinajstić information content (AvgIpc) is 2.84. The predicted molar refractivity (Wildman–Crippen MR) is 128 cm³/mol. The van der Waals surface area contributed by atoms with Gasteiger partial charge in [0.25, 0.3) is 0 Å². The summed E-state index contributed by atoms with van der Waals surface area (Å²) in [5.41, 5.74) is 14.7. The first-order valence-corrected chi connectivity index (χ1v) is 10.0. The van der Waals surface area contributed by atoms with Crippen molar-refractivity contribution in [1.82, 2.24) is 0 Å². The molecule has 0 aliphatic rings. The predicted octanol–water partition coefficient (Wildman–Crippen LogP) is 6.44. The maximum absolute atomic E-state index is 6.40. The summed E-state index contributed by atoms with van der Waals surface area (Å²) < 4.78 is 0. The van der Waals surface area contributed by atoms with Crippen LogP contribution in [0.3, 0.4) is 0 Å². The van der Waals surface area contributed by atoms with Crippen LogP contribution in [0.4, 0.5) is 0 Å². The summed E-state index contributed by atoms with van der Waals surface area (Å²) in [4.78, 5) is 4.45. The third kappa shape index (κ3) is 4.39.